The number of nitrogens with zero attached hydrogens (tertiary/aromatic N) is 4. The quantitative estimate of drug-likeness (QED) is 0.201. The third-order valence-corrected chi connectivity index (χ3v) is 8.94. The summed E-state index contributed by atoms with van der Waals surface area (Å²) in [5.74, 6) is -10.5. The zero-order chi connectivity index (χ0) is 22.8. The molecule has 1 saturated heterocycles. The lowest BCUT2D eigenvalue weighted by Gasteiger charge is -2.35. The van der Waals surface area contributed by atoms with E-state index in [1.54, 1.807) is 12.1 Å². The monoisotopic (exact) mass is 475 g/mol. The topological polar surface area (TPSA) is 74.8 Å². The maximum atomic E-state index is 16.6. The first-order valence-corrected chi connectivity index (χ1v) is 10.9. The van der Waals surface area contributed by atoms with Crippen LogP contribution in [0.5, 0.6) is 0 Å². The Kier molecular flexibility index (Phi) is 4.38. The standard InChI is InChI=1S/C18H14F6N6OP/c19-16(20)11-29(24)18(23,17(16,21)22)32(14-7-3-9-25-14,15-8-4-10-26-15)31-30-13-6-2-1-5-12(13)27-28-30/h1-10,25-26H,11H2/q+1. The van der Waals surface area contributed by atoms with E-state index in [0.29, 0.717) is 4.85 Å². The van der Waals surface area contributed by atoms with Crippen LogP contribution in [0.4, 0.5) is 26.4 Å². The number of para-hydroxylation sites is 1. The molecule has 14 heteroatoms. The molecule has 1 atom stereocenters. The zero-order valence-electron chi connectivity index (χ0n) is 15.9. The average molecular weight is 475 g/mol. The molecule has 1 unspecified atom stereocenters. The molecule has 0 amide bonds. The first-order chi connectivity index (χ1) is 15.1. The van der Waals surface area contributed by atoms with Crippen molar-refractivity contribution in [2.24, 2.45) is 0 Å². The molecular weight excluding hydrogens is 461 g/mol. The molecule has 1 aliphatic rings. The predicted octanol–water partition coefficient (Wildman–Crippen LogP) is 3.19. The van der Waals surface area contributed by atoms with Gasteiger partial charge in [-0.1, -0.05) is 17.3 Å². The Bertz CT molecular complexity index is 1210. The van der Waals surface area contributed by atoms with Gasteiger partial charge in [0.1, 0.15) is 17.6 Å². The molecule has 1 fully saturated rings. The number of aromatic amines is 2. The Balaban J connectivity index is 1.84. The fraction of sp³-hybridized carbons (Fsp3) is 0.222. The summed E-state index contributed by atoms with van der Waals surface area (Å²) in [6.45, 7) is -2.17. The molecule has 32 heavy (non-hydrogen) atoms. The number of rotatable bonds is 5. The molecular formula is C18H14F6N6OP+. The van der Waals surface area contributed by atoms with E-state index in [2.05, 4.69) is 20.3 Å². The molecule has 1 aliphatic heterocycles. The minimum atomic E-state index is -5.48. The number of nitrogens with one attached hydrogen (secondary N) is 2. The highest BCUT2D eigenvalue weighted by molar-refractivity contribution is 7.86. The van der Waals surface area contributed by atoms with Crippen LogP contribution in [0.25, 0.3) is 11.0 Å². The highest BCUT2D eigenvalue weighted by Gasteiger charge is 2.94. The molecule has 4 aromatic rings. The van der Waals surface area contributed by atoms with Crippen LogP contribution in [0, 0.1) is 0 Å². The number of alkyl halides is 5. The molecule has 4 heterocycles. The largest absolute Gasteiger partial charge is 0.415 e. The molecule has 0 radical (unpaired) electrons. The highest BCUT2D eigenvalue weighted by atomic mass is 31.2. The minimum absolute atomic E-state index is 0.136. The number of aromatic nitrogens is 5. The van der Waals surface area contributed by atoms with Crippen LogP contribution in [-0.2, 0) is 0 Å². The van der Waals surface area contributed by atoms with Gasteiger partial charge in [-0.15, -0.1) is 9.58 Å². The number of H-pyrrole nitrogens is 2. The third kappa shape index (κ3) is 2.46. The van der Waals surface area contributed by atoms with Crippen molar-refractivity contribution in [3.63, 3.8) is 0 Å². The normalized spacial score (nSPS) is 23.1. The number of halogens is 6. The summed E-state index contributed by atoms with van der Waals surface area (Å²) >= 11 is 0. The number of benzene rings is 1. The number of hydrogen-bond donors (Lipinski definition) is 2. The summed E-state index contributed by atoms with van der Waals surface area (Å²) in [7, 11) is -4.91. The van der Waals surface area contributed by atoms with E-state index in [4.69, 9.17) is 4.62 Å². The van der Waals surface area contributed by atoms with E-state index in [0.717, 1.165) is 12.1 Å². The van der Waals surface area contributed by atoms with Crippen molar-refractivity contribution in [1.29, 1.82) is 0 Å². The summed E-state index contributed by atoms with van der Waals surface area (Å²) in [5, 5.41) is 6.36. The van der Waals surface area contributed by atoms with Crippen molar-refractivity contribution in [1.82, 2.24) is 30.2 Å². The number of fused-ring (bicyclic) bond motifs is 1. The summed E-state index contributed by atoms with van der Waals surface area (Å²) in [4.78, 5) is 5.74. The van der Waals surface area contributed by atoms with Crippen molar-refractivity contribution in [3.05, 3.63) is 60.9 Å². The van der Waals surface area contributed by atoms with Gasteiger partial charge in [0, 0.05) is 24.5 Å². The predicted molar refractivity (Wildman–Crippen MR) is 103 cm³/mol. The Morgan fingerprint density at radius 3 is 2.06 bits per heavy atom. The highest BCUT2D eigenvalue weighted by Crippen LogP contribution is 2.75. The zero-order valence-corrected chi connectivity index (χ0v) is 16.8. The van der Waals surface area contributed by atoms with Crippen molar-refractivity contribution in [2.45, 2.75) is 17.4 Å². The third-order valence-electron chi connectivity index (χ3n) is 5.30. The first-order valence-electron chi connectivity index (χ1n) is 9.21. The SMILES string of the molecule is FN1CC(F)(F)C(F)(F)C1(F)[P+](On1nnc2ccccc21)(c1ccc[nH]1)c1ccc[nH]1. The Labute approximate surface area is 176 Å². The molecule has 1 aromatic carbocycles. The Morgan fingerprint density at radius 2 is 1.53 bits per heavy atom. The molecule has 0 bridgehead atoms. The van der Waals surface area contributed by atoms with E-state index < -0.39 is 36.5 Å². The lowest BCUT2D eigenvalue weighted by Crippen LogP contribution is -2.60. The van der Waals surface area contributed by atoms with Gasteiger partial charge in [-0.05, 0) is 34.3 Å². The number of hydrogen-bond acceptors (Lipinski definition) is 4. The summed E-state index contributed by atoms with van der Waals surface area (Å²) in [6.07, 6.45) is 2.51. The van der Waals surface area contributed by atoms with Gasteiger partial charge in [0.05, 0.1) is 0 Å². The average Bonchev–Trinajstić information content (AvgIpc) is 3.54. The Morgan fingerprint density at radius 1 is 0.906 bits per heavy atom. The molecule has 5 rings (SSSR count). The fourth-order valence-corrected chi connectivity index (χ4v) is 7.34. The van der Waals surface area contributed by atoms with Crippen molar-refractivity contribution in [3.8, 4) is 0 Å². The maximum absolute atomic E-state index is 16.6. The van der Waals surface area contributed by atoms with Gasteiger partial charge in [-0.25, -0.2) is 4.62 Å². The van der Waals surface area contributed by atoms with Gasteiger partial charge in [-0.2, -0.15) is 22.0 Å². The van der Waals surface area contributed by atoms with Crippen molar-refractivity contribution in [2.75, 3.05) is 6.54 Å². The van der Waals surface area contributed by atoms with E-state index in [-0.39, 0.29) is 21.9 Å². The molecule has 3 aromatic heterocycles. The van der Waals surface area contributed by atoms with Gasteiger partial charge in [-0.3, -0.25) is 0 Å². The lowest BCUT2D eigenvalue weighted by atomic mass is 10.2. The Hall–Kier alpha value is -3.05. The first kappa shape index (κ1) is 20.8. The van der Waals surface area contributed by atoms with Gasteiger partial charge in [0.25, 0.3) is 0 Å². The summed E-state index contributed by atoms with van der Waals surface area (Å²) in [5.41, 5.74) is -4.93. The van der Waals surface area contributed by atoms with Crippen LogP contribution in [0.1, 0.15) is 0 Å². The van der Waals surface area contributed by atoms with E-state index in [9.17, 15) is 13.3 Å². The van der Waals surface area contributed by atoms with E-state index in [1.807, 2.05) is 0 Å². The van der Waals surface area contributed by atoms with Crippen molar-refractivity contribution >= 4 is 29.4 Å². The molecule has 7 nitrogen and oxygen atoms in total. The molecule has 0 saturated carbocycles. The van der Waals surface area contributed by atoms with Crippen LogP contribution in [0.15, 0.2) is 60.9 Å². The molecule has 2 N–H and O–H groups in total. The van der Waals surface area contributed by atoms with Gasteiger partial charge in [0.2, 0.25) is 10.9 Å². The maximum Gasteiger partial charge on any atom is 0.415 e. The van der Waals surface area contributed by atoms with Gasteiger partial charge >= 0.3 is 24.9 Å². The van der Waals surface area contributed by atoms with Gasteiger partial charge < -0.3 is 9.97 Å². The molecule has 168 valence electrons. The van der Waals surface area contributed by atoms with Crippen LogP contribution in [0.2, 0.25) is 0 Å². The summed E-state index contributed by atoms with van der Waals surface area (Å²) < 4.78 is 96.0. The minimum Gasteiger partial charge on any atom is -0.330 e. The molecule has 0 spiro atoms. The lowest BCUT2D eigenvalue weighted by molar-refractivity contribution is -0.230. The van der Waals surface area contributed by atoms with Crippen molar-refractivity contribution < 1.29 is 31.1 Å². The summed E-state index contributed by atoms with van der Waals surface area (Å²) in [6, 6.07) is 11.1. The second-order valence-corrected chi connectivity index (χ2v) is 10.1. The second kappa shape index (κ2) is 6.72. The van der Waals surface area contributed by atoms with Crippen LogP contribution < -0.4 is 15.5 Å². The second-order valence-electron chi connectivity index (χ2n) is 7.14. The van der Waals surface area contributed by atoms with E-state index >= 15 is 13.2 Å². The van der Waals surface area contributed by atoms with E-state index in [1.165, 1.54) is 36.7 Å². The van der Waals surface area contributed by atoms with Crippen LogP contribution in [0.3, 0.4) is 0 Å². The molecule has 0 aliphatic carbocycles. The fourth-order valence-electron chi connectivity index (χ4n) is 3.76. The van der Waals surface area contributed by atoms with Crippen LogP contribution in [-0.4, -0.2) is 54.2 Å². The van der Waals surface area contributed by atoms with Gasteiger partial charge in [0.15, 0.2) is 0 Å². The van der Waals surface area contributed by atoms with Crippen LogP contribution >= 0.6 is 7.49 Å². The smallest absolute Gasteiger partial charge is 0.330 e.